The van der Waals surface area contributed by atoms with Crippen molar-refractivity contribution < 1.29 is 28.5 Å². The van der Waals surface area contributed by atoms with Crippen LogP contribution in [0.5, 0.6) is 5.75 Å². The van der Waals surface area contributed by atoms with Crippen molar-refractivity contribution in [3.05, 3.63) is 41.5 Å². The van der Waals surface area contributed by atoms with E-state index in [1.807, 2.05) is 31.2 Å². The van der Waals surface area contributed by atoms with Crippen molar-refractivity contribution in [1.29, 1.82) is 0 Å². The van der Waals surface area contributed by atoms with Gasteiger partial charge in [-0.05, 0) is 49.1 Å². The van der Waals surface area contributed by atoms with Crippen LogP contribution in [0.3, 0.4) is 0 Å². The van der Waals surface area contributed by atoms with Crippen LogP contribution in [0.2, 0.25) is 0 Å². The molecule has 0 radical (unpaired) electrons. The maximum Gasteiger partial charge on any atom is 0.168 e. The molecule has 0 aromatic heterocycles. The van der Waals surface area contributed by atoms with Gasteiger partial charge in [-0.1, -0.05) is 32.9 Å². The van der Waals surface area contributed by atoms with Crippen LogP contribution in [0, 0.1) is 5.92 Å². The predicted octanol–water partition coefficient (Wildman–Crippen LogP) is 4.70. The molecule has 1 fully saturated rings. The normalized spacial score (nSPS) is 21.5. The van der Waals surface area contributed by atoms with Gasteiger partial charge in [-0.25, -0.2) is 0 Å². The maximum atomic E-state index is 11.0. The number of hydrogen-bond donors (Lipinski definition) is 0. The van der Waals surface area contributed by atoms with Crippen LogP contribution in [-0.2, 0) is 30.3 Å². The van der Waals surface area contributed by atoms with E-state index in [0.717, 1.165) is 36.0 Å². The molecular formula is C25H38O6. The maximum absolute atomic E-state index is 11.0. The smallest absolute Gasteiger partial charge is 0.168 e. The number of allylic oxidation sites excluding steroid dienone is 1. The van der Waals surface area contributed by atoms with Gasteiger partial charge in [0.15, 0.2) is 5.79 Å². The summed E-state index contributed by atoms with van der Waals surface area (Å²) in [6, 6.07) is 7.86. The van der Waals surface area contributed by atoms with Gasteiger partial charge >= 0.3 is 0 Å². The second-order valence-corrected chi connectivity index (χ2v) is 8.16. The molecule has 1 heterocycles. The molecule has 0 bridgehead atoms. The monoisotopic (exact) mass is 434 g/mol. The Kier molecular flexibility index (Phi) is 10.2. The molecule has 1 aromatic carbocycles. The van der Waals surface area contributed by atoms with Crippen molar-refractivity contribution >= 4 is 6.29 Å². The zero-order valence-electron chi connectivity index (χ0n) is 19.8. The molecule has 174 valence electrons. The lowest BCUT2D eigenvalue weighted by Crippen LogP contribution is -2.37. The number of ether oxygens (including phenoxy) is 5. The molecule has 0 unspecified atom stereocenters. The molecule has 6 nitrogen and oxygen atoms in total. The third kappa shape index (κ3) is 6.88. The first-order valence-electron chi connectivity index (χ1n) is 11.1. The molecule has 0 N–H and O–H groups in total. The van der Waals surface area contributed by atoms with Crippen LogP contribution in [0.4, 0.5) is 0 Å². The van der Waals surface area contributed by atoms with Crippen molar-refractivity contribution in [2.24, 2.45) is 5.92 Å². The highest BCUT2D eigenvalue weighted by Gasteiger charge is 2.40. The summed E-state index contributed by atoms with van der Waals surface area (Å²) in [5.41, 5.74) is 1.94. The fraction of sp³-hybridized carbons (Fsp3) is 0.640. The fourth-order valence-corrected chi connectivity index (χ4v) is 4.18. The highest BCUT2D eigenvalue weighted by atomic mass is 16.7. The van der Waals surface area contributed by atoms with Gasteiger partial charge < -0.3 is 23.7 Å². The quantitative estimate of drug-likeness (QED) is 0.331. The van der Waals surface area contributed by atoms with Crippen LogP contribution in [0.25, 0.3) is 0 Å². The Morgan fingerprint density at radius 3 is 2.42 bits per heavy atom. The van der Waals surface area contributed by atoms with E-state index in [-0.39, 0.29) is 24.2 Å². The molecule has 0 spiro atoms. The van der Waals surface area contributed by atoms with Gasteiger partial charge in [-0.15, -0.1) is 0 Å². The minimum atomic E-state index is -0.498. The second kappa shape index (κ2) is 12.3. The minimum absolute atomic E-state index is 0.0151. The number of methoxy groups -OCH3 is 2. The number of carbonyl (C=O) groups excluding carboxylic acids is 1. The number of aldehydes is 1. The summed E-state index contributed by atoms with van der Waals surface area (Å²) in [5.74, 6) is 0.332. The molecule has 2 rings (SSSR count). The van der Waals surface area contributed by atoms with Crippen LogP contribution < -0.4 is 4.74 Å². The Balaban J connectivity index is 2.15. The highest BCUT2D eigenvalue weighted by molar-refractivity contribution is 5.66. The van der Waals surface area contributed by atoms with Crippen LogP contribution in [-0.4, -0.2) is 51.2 Å². The molecule has 1 aliphatic rings. The van der Waals surface area contributed by atoms with Gasteiger partial charge in [0.05, 0.1) is 38.6 Å². The number of benzene rings is 1. The summed E-state index contributed by atoms with van der Waals surface area (Å²) in [6.45, 7) is 9.19. The SMILES string of the molecule is CCC1(CC)OC[C@H](C[C@H](OCc2ccc(OC)cc2)[C@@H](C)[C@@H](OC)/C(C)=C/C=O)O1. The first kappa shape index (κ1) is 25.5. The van der Waals surface area contributed by atoms with Gasteiger partial charge in [0.25, 0.3) is 0 Å². The molecule has 31 heavy (non-hydrogen) atoms. The number of hydrogen-bond acceptors (Lipinski definition) is 6. The first-order valence-corrected chi connectivity index (χ1v) is 11.1. The number of rotatable bonds is 13. The van der Waals surface area contributed by atoms with E-state index >= 15 is 0 Å². The lowest BCUT2D eigenvalue weighted by atomic mass is 9.89. The van der Waals surface area contributed by atoms with E-state index in [4.69, 9.17) is 23.7 Å². The molecule has 0 saturated carbocycles. The van der Waals surface area contributed by atoms with Crippen LogP contribution in [0.1, 0.15) is 52.5 Å². The molecule has 1 saturated heterocycles. The highest BCUT2D eigenvalue weighted by Crippen LogP contribution is 2.34. The summed E-state index contributed by atoms with van der Waals surface area (Å²) < 4.78 is 29.7. The standard InChI is InChI=1S/C25H38O6/c1-7-25(8-2)30-17-22(31-25)15-23(19(4)24(28-6)18(3)13-14-26)29-16-20-9-11-21(27-5)12-10-20/h9-14,19,22-24H,7-8,15-17H2,1-6H3/b18-13+/t19-,22+,23+,24+/m1/s1. The Morgan fingerprint density at radius 1 is 1.23 bits per heavy atom. The molecule has 1 aliphatic heterocycles. The van der Waals surface area contributed by atoms with Gasteiger partial charge in [-0.3, -0.25) is 4.79 Å². The van der Waals surface area contributed by atoms with Gasteiger partial charge in [-0.2, -0.15) is 0 Å². The molecule has 0 aliphatic carbocycles. The van der Waals surface area contributed by atoms with E-state index < -0.39 is 5.79 Å². The molecule has 6 heteroatoms. The molecule has 1 aromatic rings. The fourth-order valence-electron chi connectivity index (χ4n) is 4.18. The van der Waals surface area contributed by atoms with E-state index in [9.17, 15) is 4.79 Å². The van der Waals surface area contributed by atoms with Crippen molar-refractivity contribution in [1.82, 2.24) is 0 Å². The average Bonchev–Trinajstić information content (AvgIpc) is 3.21. The predicted molar refractivity (Wildman–Crippen MR) is 120 cm³/mol. The summed E-state index contributed by atoms with van der Waals surface area (Å²) in [6.07, 6.45) is 4.26. The minimum Gasteiger partial charge on any atom is -0.497 e. The number of carbonyl (C=O) groups is 1. The second-order valence-electron chi connectivity index (χ2n) is 8.16. The van der Waals surface area contributed by atoms with Crippen LogP contribution >= 0.6 is 0 Å². The first-order chi connectivity index (χ1) is 14.9. The zero-order chi connectivity index (χ0) is 22.9. The zero-order valence-corrected chi connectivity index (χ0v) is 19.8. The van der Waals surface area contributed by atoms with Crippen LogP contribution in [0.15, 0.2) is 35.9 Å². The Hall–Kier alpha value is -1.73. The third-order valence-electron chi connectivity index (χ3n) is 6.21. The lowest BCUT2D eigenvalue weighted by molar-refractivity contribution is -0.176. The summed E-state index contributed by atoms with van der Waals surface area (Å²) in [4.78, 5) is 11.0. The Morgan fingerprint density at radius 2 is 1.90 bits per heavy atom. The van der Waals surface area contributed by atoms with E-state index in [2.05, 4.69) is 20.8 Å². The van der Waals surface area contributed by atoms with E-state index in [1.54, 1.807) is 20.3 Å². The lowest BCUT2D eigenvalue weighted by Gasteiger charge is -2.32. The van der Waals surface area contributed by atoms with Crippen molar-refractivity contribution in [3.63, 3.8) is 0 Å². The van der Waals surface area contributed by atoms with Gasteiger partial charge in [0.1, 0.15) is 12.0 Å². The molecular weight excluding hydrogens is 396 g/mol. The van der Waals surface area contributed by atoms with Gasteiger partial charge in [0, 0.05) is 19.4 Å². The third-order valence-corrected chi connectivity index (χ3v) is 6.21. The summed E-state index contributed by atoms with van der Waals surface area (Å²) in [5, 5.41) is 0. The Labute approximate surface area is 186 Å². The van der Waals surface area contributed by atoms with Gasteiger partial charge in [0.2, 0.25) is 0 Å². The Bertz CT molecular complexity index is 694. The molecule has 4 atom stereocenters. The average molecular weight is 435 g/mol. The van der Waals surface area contributed by atoms with E-state index in [1.165, 1.54) is 0 Å². The summed E-state index contributed by atoms with van der Waals surface area (Å²) in [7, 11) is 3.32. The van der Waals surface area contributed by atoms with E-state index in [0.29, 0.717) is 19.6 Å². The molecule has 0 amide bonds. The van der Waals surface area contributed by atoms with Crippen molar-refractivity contribution in [2.75, 3.05) is 20.8 Å². The van der Waals surface area contributed by atoms with Crippen molar-refractivity contribution in [3.8, 4) is 5.75 Å². The topological polar surface area (TPSA) is 63.2 Å². The largest absolute Gasteiger partial charge is 0.497 e. The van der Waals surface area contributed by atoms with Crippen molar-refractivity contribution in [2.45, 2.75) is 77.7 Å². The summed E-state index contributed by atoms with van der Waals surface area (Å²) >= 11 is 0.